The summed E-state index contributed by atoms with van der Waals surface area (Å²) in [4.78, 5) is 21.3. The number of hydrogen-bond acceptors (Lipinski definition) is 3. The van der Waals surface area contributed by atoms with Crippen molar-refractivity contribution in [2.24, 2.45) is 0 Å². The molecule has 0 atom stereocenters. The van der Waals surface area contributed by atoms with E-state index in [0.717, 1.165) is 6.08 Å². The van der Waals surface area contributed by atoms with E-state index in [1.165, 1.54) is 6.08 Å². The van der Waals surface area contributed by atoms with Gasteiger partial charge in [0.05, 0.1) is 11.6 Å². The molecule has 4 nitrogen and oxygen atoms in total. The maximum Gasteiger partial charge on any atom is 0.328 e. The van der Waals surface area contributed by atoms with Gasteiger partial charge in [-0.1, -0.05) is 6.07 Å². The zero-order valence-electron chi connectivity index (χ0n) is 8.60. The van der Waals surface area contributed by atoms with Crippen LogP contribution < -0.4 is 0 Å². The third kappa shape index (κ3) is 2.34. The second-order valence-electron chi connectivity index (χ2n) is 3.16. The highest BCUT2D eigenvalue weighted by Gasteiger charge is 2.08. The van der Waals surface area contributed by atoms with E-state index in [9.17, 15) is 9.59 Å². The van der Waals surface area contributed by atoms with Crippen molar-refractivity contribution in [1.29, 1.82) is 5.26 Å². The topological polar surface area (TPSA) is 78.2 Å². The normalized spacial score (nSPS) is 10.0. The van der Waals surface area contributed by atoms with E-state index in [-0.39, 0.29) is 5.56 Å². The summed E-state index contributed by atoms with van der Waals surface area (Å²) in [5.41, 5.74) is 1.68. The molecule has 1 N–H and O–H groups in total. The zero-order valence-corrected chi connectivity index (χ0v) is 8.60. The molecular weight excluding hydrogens is 206 g/mol. The van der Waals surface area contributed by atoms with Crippen molar-refractivity contribution in [3.05, 3.63) is 40.5 Å². The van der Waals surface area contributed by atoms with Crippen molar-refractivity contribution in [1.82, 2.24) is 0 Å². The molecule has 4 heteroatoms. The number of carbonyl (C=O) groups excluding carboxylic acids is 1. The van der Waals surface area contributed by atoms with E-state index in [2.05, 4.69) is 0 Å². The summed E-state index contributed by atoms with van der Waals surface area (Å²) >= 11 is 0. The molecule has 0 spiro atoms. The number of aldehydes is 1. The van der Waals surface area contributed by atoms with Crippen LogP contribution in [0.15, 0.2) is 18.2 Å². The number of nitrogens with zero attached hydrogens (tertiary/aromatic N) is 1. The second-order valence-corrected chi connectivity index (χ2v) is 3.16. The first-order valence-corrected chi connectivity index (χ1v) is 4.50. The highest BCUT2D eigenvalue weighted by atomic mass is 16.4. The number of nitriles is 1. The summed E-state index contributed by atoms with van der Waals surface area (Å²) in [6.07, 6.45) is 2.79. The van der Waals surface area contributed by atoms with Gasteiger partial charge in [-0.3, -0.25) is 4.79 Å². The first-order valence-electron chi connectivity index (χ1n) is 4.50. The highest BCUT2D eigenvalue weighted by Crippen LogP contribution is 2.18. The molecular formula is C12H9NO3. The molecule has 0 bridgehead atoms. The quantitative estimate of drug-likeness (QED) is 0.615. The third-order valence-electron chi connectivity index (χ3n) is 2.14. The number of carboxylic acid groups (broad SMARTS) is 1. The van der Waals surface area contributed by atoms with E-state index in [4.69, 9.17) is 10.4 Å². The lowest BCUT2D eigenvalue weighted by Gasteiger charge is -2.04. The van der Waals surface area contributed by atoms with Gasteiger partial charge in [0.2, 0.25) is 0 Å². The Labute approximate surface area is 92.4 Å². The molecule has 0 unspecified atom stereocenters. The van der Waals surface area contributed by atoms with Crippen LogP contribution in [0, 0.1) is 18.3 Å². The number of benzene rings is 1. The summed E-state index contributed by atoms with van der Waals surface area (Å²) in [7, 11) is 0. The van der Waals surface area contributed by atoms with Crippen LogP contribution in [0.5, 0.6) is 0 Å². The Morgan fingerprint density at radius 3 is 2.62 bits per heavy atom. The van der Waals surface area contributed by atoms with Crippen molar-refractivity contribution in [3.63, 3.8) is 0 Å². The van der Waals surface area contributed by atoms with Gasteiger partial charge >= 0.3 is 5.97 Å². The Kier molecular flexibility index (Phi) is 3.57. The molecule has 0 radical (unpaired) electrons. The number of carbonyl (C=O) groups is 2. The average Bonchev–Trinajstić information content (AvgIpc) is 2.26. The van der Waals surface area contributed by atoms with Crippen LogP contribution in [-0.4, -0.2) is 17.4 Å². The summed E-state index contributed by atoms with van der Waals surface area (Å²) in [6.45, 7) is 1.73. The summed E-state index contributed by atoms with van der Waals surface area (Å²) in [6, 6.07) is 5.13. The van der Waals surface area contributed by atoms with Gasteiger partial charge in [0.15, 0.2) is 6.29 Å². The minimum Gasteiger partial charge on any atom is -0.478 e. The van der Waals surface area contributed by atoms with Crippen LogP contribution in [-0.2, 0) is 4.79 Å². The molecule has 1 aromatic rings. The Hall–Kier alpha value is -2.41. The molecule has 1 aromatic carbocycles. The fraction of sp³-hybridized carbons (Fsp3) is 0.0833. The van der Waals surface area contributed by atoms with Gasteiger partial charge in [0.1, 0.15) is 0 Å². The molecule has 0 aliphatic heterocycles. The number of aliphatic carboxylic acids is 1. The molecule has 0 aromatic heterocycles. The second kappa shape index (κ2) is 4.89. The van der Waals surface area contributed by atoms with E-state index in [1.807, 2.05) is 6.07 Å². The Morgan fingerprint density at radius 1 is 1.44 bits per heavy atom. The van der Waals surface area contributed by atoms with E-state index < -0.39 is 5.97 Å². The largest absolute Gasteiger partial charge is 0.478 e. The smallest absolute Gasteiger partial charge is 0.328 e. The van der Waals surface area contributed by atoms with Crippen LogP contribution >= 0.6 is 0 Å². The third-order valence-corrected chi connectivity index (χ3v) is 2.14. The number of aryl methyl sites for hydroxylation is 1. The Bertz CT molecular complexity index is 510. The van der Waals surface area contributed by atoms with E-state index in [0.29, 0.717) is 23.0 Å². The maximum absolute atomic E-state index is 10.9. The van der Waals surface area contributed by atoms with Crippen LogP contribution in [0.3, 0.4) is 0 Å². The molecule has 1 rings (SSSR count). The van der Waals surface area contributed by atoms with Crippen LogP contribution in [0.25, 0.3) is 6.08 Å². The lowest BCUT2D eigenvalue weighted by Crippen LogP contribution is -1.96. The molecule has 0 amide bonds. The molecule has 0 saturated carbocycles. The summed E-state index contributed by atoms with van der Waals surface area (Å²) in [5, 5.41) is 17.4. The fourth-order valence-corrected chi connectivity index (χ4v) is 1.33. The van der Waals surface area contributed by atoms with E-state index >= 15 is 0 Å². The van der Waals surface area contributed by atoms with Gasteiger partial charge in [0.25, 0.3) is 0 Å². The van der Waals surface area contributed by atoms with Crippen molar-refractivity contribution in [2.75, 3.05) is 0 Å². The van der Waals surface area contributed by atoms with Crippen LogP contribution in [0.4, 0.5) is 0 Å². The average molecular weight is 215 g/mol. The minimum atomic E-state index is -1.12. The SMILES string of the molecule is Cc1ccc(C#N)c(/C=C/C(=O)O)c1C=O. The molecule has 0 saturated heterocycles. The Morgan fingerprint density at radius 2 is 2.12 bits per heavy atom. The van der Waals surface area contributed by atoms with E-state index in [1.54, 1.807) is 19.1 Å². The van der Waals surface area contributed by atoms with Gasteiger partial charge in [-0.2, -0.15) is 5.26 Å². The van der Waals surface area contributed by atoms with Crippen LogP contribution in [0.2, 0.25) is 0 Å². The predicted molar refractivity (Wildman–Crippen MR) is 58.0 cm³/mol. The molecule has 80 valence electrons. The van der Waals surface area contributed by atoms with Gasteiger partial charge in [-0.25, -0.2) is 4.79 Å². The van der Waals surface area contributed by atoms with Crippen LogP contribution in [0.1, 0.15) is 27.0 Å². The number of carboxylic acids is 1. The monoisotopic (exact) mass is 215 g/mol. The molecule has 0 heterocycles. The first-order chi connectivity index (χ1) is 7.60. The van der Waals surface area contributed by atoms with Gasteiger partial charge in [0, 0.05) is 17.2 Å². The molecule has 0 aliphatic rings. The zero-order chi connectivity index (χ0) is 12.1. The lowest BCUT2D eigenvalue weighted by atomic mass is 9.97. The Balaban J connectivity index is 3.43. The van der Waals surface area contributed by atoms with Crippen molar-refractivity contribution >= 4 is 18.3 Å². The van der Waals surface area contributed by atoms with Crippen molar-refractivity contribution in [3.8, 4) is 6.07 Å². The fourth-order valence-electron chi connectivity index (χ4n) is 1.33. The molecule has 16 heavy (non-hydrogen) atoms. The lowest BCUT2D eigenvalue weighted by molar-refractivity contribution is -0.131. The number of hydrogen-bond donors (Lipinski definition) is 1. The molecule has 0 aliphatic carbocycles. The van der Waals surface area contributed by atoms with Gasteiger partial charge < -0.3 is 5.11 Å². The number of rotatable bonds is 3. The van der Waals surface area contributed by atoms with Gasteiger partial charge in [-0.05, 0) is 24.6 Å². The summed E-state index contributed by atoms with van der Waals surface area (Å²) in [5.74, 6) is -1.12. The van der Waals surface area contributed by atoms with Crippen molar-refractivity contribution < 1.29 is 14.7 Å². The standard InChI is InChI=1S/C12H9NO3/c1-8-2-3-9(6-13)10(11(8)7-14)4-5-12(15)16/h2-5,7H,1H3,(H,15,16)/b5-4+. The minimum absolute atomic E-state index is 0.283. The predicted octanol–water partition coefficient (Wildman–Crippen LogP) is 1.78. The van der Waals surface area contributed by atoms with Gasteiger partial charge in [-0.15, -0.1) is 0 Å². The maximum atomic E-state index is 10.9. The summed E-state index contributed by atoms with van der Waals surface area (Å²) < 4.78 is 0. The molecule has 0 fully saturated rings. The first kappa shape index (κ1) is 11.7. The van der Waals surface area contributed by atoms with Crippen molar-refractivity contribution in [2.45, 2.75) is 6.92 Å². The highest BCUT2D eigenvalue weighted by molar-refractivity contribution is 5.91.